The number of rotatable bonds is 5. The summed E-state index contributed by atoms with van der Waals surface area (Å²) < 4.78 is 0. The van der Waals surface area contributed by atoms with Crippen molar-refractivity contribution in [2.75, 3.05) is 0 Å². The number of pyridine rings is 1. The number of fused-ring (bicyclic) bond motifs is 3. The molecule has 0 N–H and O–H groups in total. The smallest absolute Gasteiger partial charge is 0.165 e. The molecule has 4 bridgehead atoms. The van der Waals surface area contributed by atoms with Crippen molar-refractivity contribution >= 4 is 0 Å². The minimum absolute atomic E-state index is 0.0360. The van der Waals surface area contributed by atoms with E-state index < -0.39 is 0 Å². The first-order chi connectivity index (χ1) is 25.7. The quantitative estimate of drug-likeness (QED) is 0.183. The Balaban J connectivity index is 1.04. The van der Waals surface area contributed by atoms with Crippen LogP contribution in [0.2, 0.25) is 0 Å². The highest BCUT2D eigenvalue weighted by atomic mass is 15.0. The molecule has 0 unspecified atom stereocenters. The molecule has 4 nitrogen and oxygen atoms in total. The average molecular weight is 671 g/mol. The first-order valence-electron chi connectivity index (χ1n) is 18.9. The van der Waals surface area contributed by atoms with Gasteiger partial charge in [0.1, 0.15) is 0 Å². The van der Waals surface area contributed by atoms with Gasteiger partial charge in [0, 0.05) is 33.9 Å². The summed E-state index contributed by atoms with van der Waals surface area (Å²) >= 11 is 0. The summed E-state index contributed by atoms with van der Waals surface area (Å²) in [5, 5.41) is 0. The van der Waals surface area contributed by atoms with E-state index in [1.54, 1.807) is 0 Å². The van der Waals surface area contributed by atoms with Gasteiger partial charge in [-0.3, -0.25) is 4.98 Å². The largest absolute Gasteiger partial charge is 0.259 e. The van der Waals surface area contributed by atoms with E-state index in [9.17, 15) is 0 Å². The molecule has 5 aromatic carbocycles. The molecule has 250 valence electrons. The van der Waals surface area contributed by atoms with Crippen molar-refractivity contribution in [2.24, 2.45) is 23.7 Å². The normalized spacial score (nSPS) is 23.5. The van der Waals surface area contributed by atoms with E-state index in [0.717, 1.165) is 39.7 Å². The van der Waals surface area contributed by atoms with Crippen LogP contribution in [0.1, 0.15) is 43.4 Å². The second-order valence-corrected chi connectivity index (χ2v) is 15.5. The maximum absolute atomic E-state index is 5.44. The molecule has 2 aromatic heterocycles. The summed E-state index contributed by atoms with van der Waals surface area (Å²) in [6.45, 7) is 0. The number of nitrogens with zero attached hydrogens (tertiary/aromatic N) is 4. The van der Waals surface area contributed by atoms with Gasteiger partial charge in [-0.15, -0.1) is 0 Å². The lowest BCUT2D eigenvalue weighted by Crippen LogP contribution is -2.55. The Hall–Kier alpha value is -5.74. The van der Waals surface area contributed by atoms with Crippen LogP contribution in [0.3, 0.4) is 0 Å². The van der Waals surface area contributed by atoms with Gasteiger partial charge in [0.2, 0.25) is 0 Å². The van der Waals surface area contributed by atoms with Gasteiger partial charge in [0.25, 0.3) is 0 Å². The van der Waals surface area contributed by atoms with Crippen molar-refractivity contribution in [1.82, 2.24) is 19.9 Å². The van der Waals surface area contributed by atoms with E-state index in [1.807, 2.05) is 12.1 Å². The predicted octanol–water partition coefficient (Wildman–Crippen LogP) is 11.3. The fraction of sp³-hybridized carbons (Fsp3) is 0.208. The van der Waals surface area contributed by atoms with Crippen LogP contribution in [-0.4, -0.2) is 19.9 Å². The Morgan fingerprint density at radius 3 is 1.38 bits per heavy atom. The van der Waals surface area contributed by atoms with Crippen LogP contribution >= 0.6 is 0 Å². The maximum atomic E-state index is 5.44. The van der Waals surface area contributed by atoms with E-state index >= 15 is 0 Å². The molecule has 0 atom stereocenters. The average Bonchev–Trinajstić information content (AvgIpc) is 3.50. The third-order valence-electron chi connectivity index (χ3n) is 12.8. The Kier molecular flexibility index (Phi) is 6.70. The first-order valence-corrected chi connectivity index (χ1v) is 18.9. The lowest BCUT2D eigenvalue weighted by Gasteiger charge is -2.60. The minimum atomic E-state index is 0.0360. The van der Waals surface area contributed by atoms with Gasteiger partial charge in [-0.1, -0.05) is 133 Å². The molecule has 4 heteroatoms. The molecule has 5 aliphatic carbocycles. The molecule has 5 aliphatic rings. The fourth-order valence-corrected chi connectivity index (χ4v) is 10.7. The van der Waals surface area contributed by atoms with Crippen molar-refractivity contribution in [3.05, 3.63) is 157 Å². The Bertz CT molecular complexity index is 2320. The molecular formula is C48H38N4. The summed E-state index contributed by atoms with van der Waals surface area (Å²) in [5.74, 6) is 5.12. The zero-order chi connectivity index (χ0) is 34.2. The fourth-order valence-electron chi connectivity index (χ4n) is 10.7. The first kappa shape index (κ1) is 29.9. The van der Waals surface area contributed by atoms with Gasteiger partial charge in [0.15, 0.2) is 17.5 Å². The van der Waals surface area contributed by atoms with Gasteiger partial charge in [-0.25, -0.2) is 15.0 Å². The Labute approximate surface area is 304 Å². The van der Waals surface area contributed by atoms with Gasteiger partial charge in [-0.05, 0) is 95.2 Å². The van der Waals surface area contributed by atoms with Crippen LogP contribution in [0, 0.1) is 23.7 Å². The summed E-state index contributed by atoms with van der Waals surface area (Å²) in [6.07, 6.45) is 8.87. The third-order valence-corrected chi connectivity index (χ3v) is 12.8. The highest BCUT2D eigenvalue weighted by molar-refractivity contribution is 5.83. The topological polar surface area (TPSA) is 51.6 Å². The molecule has 7 aromatic rings. The zero-order valence-corrected chi connectivity index (χ0v) is 29.0. The molecule has 2 heterocycles. The maximum Gasteiger partial charge on any atom is 0.165 e. The van der Waals surface area contributed by atoms with Crippen LogP contribution in [0.25, 0.3) is 67.5 Å². The van der Waals surface area contributed by atoms with Crippen molar-refractivity contribution in [2.45, 2.75) is 37.5 Å². The summed E-state index contributed by atoms with van der Waals surface area (Å²) in [7, 11) is 0. The van der Waals surface area contributed by atoms with E-state index in [4.69, 9.17) is 19.9 Å². The number of aromatic nitrogens is 4. The van der Waals surface area contributed by atoms with Crippen LogP contribution < -0.4 is 0 Å². The highest BCUT2D eigenvalue weighted by Crippen LogP contribution is 2.69. The number of hydrogen-bond donors (Lipinski definition) is 0. The van der Waals surface area contributed by atoms with Crippen LogP contribution in [-0.2, 0) is 5.41 Å². The molecule has 1 spiro atoms. The van der Waals surface area contributed by atoms with Crippen molar-refractivity contribution in [1.29, 1.82) is 0 Å². The van der Waals surface area contributed by atoms with Gasteiger partial charge >= 0.3 is 0 Å². The molecular weight excluding hydrogens is 633 g/mol. The van der Waals surface area contributed by atoms with E-state index in [2.05, 4.69) is 134 Å². The van der Waals surface area contributed by atoms with Crippen molar-refractivity contribution in [3.63, 3.8) is 0 Å². The van der Waals surface area contributed by atoms with E-state index in [-0.39, 0.29) is 5.41 Å². The molecule has 4 saturated carbocycles. The second kappa shape index (κ2) is 11.6. The summed E-state index contributed by atoms with van der Waals surface area (Å²) in [4.78, 5) is 20.9. The molecule has 52 heavy (non-hydrogen) atoms. The lowest BCUT2D eigenvalue weighted by molar-refractivity contribution is -0.0415. The molecule has 0 aliphatic heterocycles. The van der Waals surface area contributed by atoms with E-state index in [0.29, 0.717) is 29.3 Å². The lowest BCUT2D eigenvalue weighted by atomic mass is 9.43. The van der Waals surface area contributed by atoms with Crippen LogP contribution in [0.5, 0.6) is 0 Å². The molecule has 0 saturated heterocycles. The number of benzene rings is 5. The molecule has 0 radical (unpaired) electrons. The number of hydrogen-bond acceptors (Lipinski definition) is 4. The Morgan fingerprint density at radius 2 is 0.846 bits per heavy atom. The Morgan fingerprint density at radius 1 is 0.404 bits per heavy atom. The minimum Gasteiger partial charge on any atom is -0.259 e. The predicted molar refractivity (Wildman–Crippen MR) is 208 cm³/mol. The van der Waals surface area contributed by atoms with Crippen LogP contribution in [0.15, 0.2) is 146 Å². The summed E-state index contributed by atoms with van der Waals surface area (Å²) in [6, 6.07) is 49.6. The molecule has 12 rings (SSSR count). The van der Waals surface area contributed by atoms with Crippen molar-refractivity contribution < 1.29 is 0 Å². The SMILES string of the molecule is c1ccc(-c2ccc(-c3nc(-c4ccc(-c5ccccc5)cc4)nc(-c4cnc5c(c4)-c4ccccc4C54C5CC6CC(C5)CC4C6)n3)cc2)cc1. The van der Waals surface area contributed by atoms with Gasteiger partial charge in [-0.2, -0.15) is 0 Å². The second-order valence-electron chi connectivity index (χ2n) is 15.5. The zero-order valence-electron chi connectivity index (χ0n) is 29.0. The highest BCUT2D eigenvalue weighted by Gasteiger charge is 2.62. The van der Waals surface area contributed by atoms with Crippen molar-refractivity contribution in [3.8, 4) is 67.5 Å². The molecule has 0 amide bonds. The molecule has 4 fully saturated rings. The van der Waals surface area contributed by atoms with E-state index in [1.165, 1.54) is 65.6 Å². The van der Waals surface area contributed by atoms with Gasteiger partial charge < -0.3 is 0 Å². The monoisotopic (exact) mass is 670 g/mol. The van der Waals surface area contributed by atoms with Crippen LogP contribution in [0.4, 0.5) is 0 Å². The third kappa shape index (κ3) is 4.60. The standard InChI is InChI=1S/C48H38N4/c1-3-9-32(10-4-1)34-15-19-36(20-16-34)45-50-46(37-21-17-35(18-22-37)33-11-5-2-6-12-33)52-47(51-45)38-28-42-41-13-7-8-14-43(41)48(44(42)49-29-38)39-24-30-23-31(26-39)27-40(48)25-30/h1-22,28-31,39-40H,23-27H2. The summed E-state index contributed by atoms with van der Waals surface area (Å²) in [5.41, 5.74) is 13.0. The van der Waals surface area contributed by atoms with Gasteiger partial charge in [0.05, 0.1) is 5.69 Å².